The van der Waals surface area contributed by atoms with Gasteiger partial charge >= 0.3 is 0 Å². The molecule has 0 saturated carbocycles. The third-order valence-corrected chi connectivity index (χ3v) is 3.68. The zero-order valence-corrected chi connectivity index (χ0v) is 13.4. The highest BCUT2D eigenvalue weighted by Gasteiger charge is 2.22. The van der Waals surface area contributed by atoms with E-state index in [4.69, 9.17) is 4.74 Å². The first kappa shape index (κ1) is 16.3. The molecule has 1 aromatic rings. The molecule has 1 fully saturated rings. The molecule has 0 aliphatic carbocycles. The lowest BCUT2D eigenvalue weighted by Gasteiger charge is -2.35. The van der Waals surface area contributed by atoms with Gasteiger partial charge in [0.25, 0.3) is 0 Å². The van der Waals surface area contributed by atoms with Crippen LogP contribution < -0.4 is 10.1 Å². The largest absolute Gasteiger partial charge is 0.488 e. The molecule has 1 saturated heterocycles. The standard InChI is InChI=1S/C17H28N2O2/c1-17(2,3)21-15-6-4-14(5-7-15)16(8-13-20)19-11-9-18-10-12-19/h4-7,16,18,20H,8-13H2,1-3H3/t16-/m1/s1. The van der Waals surface area contributed by atoms with E-state index in [-0.39, 0.29) is 12.2 Å². The van der Waals surface area contributed by atoms with Crippen molar-refractivity contribution in [1.82, 2.24) is 10.2 Å². The predicted molar refractivity (Wildman–Crippen MR) is 85.7 cm³/mol. The van der Waals surface area contributed by atoms with Crippen molar-refractivity contribution >= 4 is 0 Å². The number of piperazine rings is 1. The minimum Gasteiger partial charge on any atom is -0.488 e. The number of aliphatic hydroxyl groups is 1. The molecule has 1 aliphatic rings. The highest BCUT2D eigenvalue weighted by molar-refractivity contribution is 5.29. The quantitative estimate of drug-likeness (QED) is 0.873. The van der Waals surface area contributed by atoms with Crippen LogP contribution in [0.5, 0.6) is 5.75 Å². The molecule has 0 aromatic heterocycles. The summed E-state index contributed by atoms with van der Waals surface area (Å²) in [4.78, 5) is 2.45. The topological polar surface area (TPSA) is 44.7 Å². The van der Waals surface area contributed by atoms with E-state index < -0.39 is 0 Å². The van der Waals surface area contributed by atoms with Gasteiger partial charge in [0, 0.05) is 38.8 Å². The summed E-state index contributed by atoms with van der Waals surface area (Å²) in [7, 11) is 0. The van der Waals surface area contributed by atoms with Gasteiger partial charge in [-0.2, -0.15) is 0 Å². The number of aliphatic hydroxyl groups excluding tert-OH is 1. The van der Waals surface area contributed by atoms with Crippen LogP contribution in [0.4, 0.5) is 0 Å². The van der Waals surface area contributed by atoms with Crippen molar-refractivity contribution in [2.45, 2.75) is 38.8 Å². The summed E-state index contributed by atoms with van der Waals surface area (Å²) in [6.45, 7) is 10.5. The Labute approximate surface area is 128 Å². The molecule has 4 heteroatoms. The van der Waals surface area contributed by atoms with E-state index in [2.05, 4.69) is 43.1 Å². The molecule has 0 amide bonds. The highest BCUT2D eigenvalue weighted by Crippen LogP contribution is 2.27. The normalized spacial score (nSPS) is 18.5. The van der Waals surface area contributed by atoms with Crippen LogP contribution in [0.25, 0.3) is 0 Å². The molecule has 1 atom stereocenters. The third kappa shape index (κ3) is 4.99. The van der Waals surface area contributed by atoms with Crippen molar-refractivity contribution in [1.29, 1.82) is 0 Å². The number of ether oxygens (including phenoxy) is 1. The molecule has 0 unspecified atom stereocenters. The minimum absolute atomic E-state index is 0.176. The third-order valence-electron chi connectivity index (χ3n) is 3.68. The number of hydrogen-bond donors (Lipinski definition) is 2. The minimum atomic E-state index is -0.176. The van der Waals surface area contributed by atoms with E-state index in [0.29, 0.717) is 6.04 Å². The summed E-state index contributed by atoms with van der Waals surface area (Å²) < 4.78 is 5.87. The van der Waals surface area contributed by atoms with Gasteiger partial charge in [0.2, 0.25) is 0 Å². The first-order valence-corrected chi connectivity index (χ1v) is 7.84. The van der Waals surface area contributed by atoms with E-state index in [1.807, 2.05) is 12.1 Å². The van der Waals surface area contributed by atoms with E-state index in [0.717, 1.165) is 38.3 Å². The molecule has 0 spiro atoms. The van der Waals surface area contributed by atoms with Gasteiger partial charge in [-0.25, -0.2) is 0 Å². The molecule has 21 heavy (non-hydrogen) atoms. The monoisotopic (exact) mass is 292 g/mol. The number of rotatable bonds is 5. The second-order valence-electron chi connectivity index (χ2n) is 6.60. The van der Waals surface area contributed by atoms with Crippen LogP contribution in [0.2, 0.25) is 0 Å². The molecular weight excluding hydrogens is 264 g/mol. The van der Waals surface area contributed by atoms with E-state index in [9.17, 15) is 5.11 Å². The van der Waals surface area contributed by atoms with Crippen molar-refractivity contribution in [2.75, 3.05) is 32.8 Å². The van der Waals surface area contributed by atoms with Crippen LogP contribution in [0.15, 0.2) is 24.3 Å². The predicted octanol–water partition coefficient (Wildman–Crippen LogP) is 2.19. The van der Waals surface area contributed by atoms with Crippen molar-refractivity contribution in [3.63, 3.8) is 0 Å². The van der Waals surface area contributed by atoms with Gasteiger partial charge in [0.1, 0.15) is 11.4 Å². The fourth-order valence-electron chi connectivity index (χ4n) is 2.79. The molecule has 4 nitrogen and oxygen atoms in total. The Morgan fingerprint density at radius 3 is 2.33 bits per heavy atom. The van der Waals surface area contributed by atoms with Gasteiger partial charge in [-0.15, -0.1) is 0 Å². The average molecular weight is 292 g/mol. The Kier molecular flexibility index (Phi) is 5.62. The first-order valence-electron chi connectivity index (χ1n) is 7.84. The second kappa shape index (κ2) is 7.25. The van der Waals surface area contributed by atoms with Crippen LogP contribution in [0.1, 0.15) is 38.8 Å². The maximum absolute atomic E-state index is 9.37. The molecule has 1 heterocycles. The van der Waals surface area contributed by atoms with E-state index in [1.54, 1.807) is 0 Å². The highest BCUT2D eigenvalue weighted by atomic mass is 16.5. The van der Waals surface area contributed by atoms with Gasteiger partial charge in [-0.3, -0.25) is 4.90 Å². The zero-order valence-electron chi connectivity index (χ0n) is 13.4. The van der Waals surface area contributed by atoms with Crippen LogP contribution in [-0.2, 0) is 0 Å². The lowest BCUT2D eigenvalue weighted by Crippen LogP contribution is -2.45. The average Bonchev–Trinajstić information content (AvgIpc) is 2.45. The Bertz CT molecular complexity index is 419. The summed E-state index contributed by atoms with van der Waals surface area (Å²) in [5, 5.41) is 12.7. The summed E-state index contributed by atoms with van der Waals surface area (Å²) in [5.74, 6) is 0.898. The zero-order chi connectivity index (χ0) is 15.3. The fraction of sp³-hybridized carbons (Fsp3) is 0.647. The van der Waals surface area contributed by atoms with Gasteiger partial charge in [0.05, 0.1) is 0 Å². The van der Waals surface area contributed by atoms with Crippen molar-refractivity contribution in [3.05, 3.63) is 29.8 Å². The lowest BCUT2D eigenvalue weighted by atomic mass is 10.0. The Balaban J connectivity index is 2.09. The molecule has 1 aromatic carbocycles. The lowest BCUT2D eigenvalue weighted by molar-refractivity contribution is 0.130. The van der Waals surface area contributed by atoms with E-state index in [1.165, 1.54) is 5.56 Å². The maximum Gasteiger partial charge on any atom is 0.120 e. The maximum atomic E-state index is 9.37. The van der Waals surface area contributed by atoms with E-state index >= 15 is 0 Å². The van der Waals surface area contributed by atoms with Crippen LogP contribution in [-0.4, -0.2) is 48.4 Å². The molecule has 2 rings (SSSR count). The fourth-order valence-corrected chi connectivity index (χ4v) is 2.79. The summed E-state index contributed by atoms with van der Waals surface area (Å²) in [6.07, 6.45) is 0.777. The van der Waals surface area contributed by atoms with Gasteiger partial charge in [-0.1, -0.05) is 12.1 Å². The van der Waals surface area contributed by atoms with Gasteiger partial charge in [0.15, 0.2) is 0 Å². The summed E-state index contributed by atoms with van der Waals surface area (Å²) in [6, 6.07) is 8.62. The molecule has 0 radical (unpaired) electrons. The number of hydrogen-bond acceptors (Lipinski definition) is 4. The molecular formula is C17H28N2O2. The van der Waals surface area contributed by atoms with Gasteiger partial charge in [-0.05, 0) is 44.9 Å². The summed E-state index contributed by atoms with van der Waals surface area (Å²) >= 11 is 0. The first-order chi connectivity index (χ1) is 9.99. The van der Waals surface area contributed by atoms with Crippen LogP contribution >= 0.6 is 0 Å². The van der Waals surface area contributed by atoms with Crippen molar-refractivity contribution < 1.29 is 9.84 Å². The molecule has 0 bridgehead atoms. The van der Waals surface area contributed by atoms with Crippen molar-refractivity contribution in [3.8, 4) is 5.75 Å². The van der Waals surface area contributed by atoms with Crippen LogP contribution in [0, 0.1) is 0 Å². The Morgan fingerprint density at radius 1 is 1.19 bits per heavy atom. The Hall–Kier alpha value is -1.10. The smallest absolute Gasteiger partial charge is 0.120 e. The van der Waals surface area contributed by atoms with Crippen LogP contribution in [0.3, 0.4) is 0 Å². The number of benzene rings is 1. The summed E-state index contributed by atoms with van der Waals surface area (Å²) in [5.41, 5.74) is 1.08. The van der Waals surface area contributed by atoms with Crippen molar-refractivity contribution in [2.24, 2.45) is 0 Å². The molecule has 2 N–H and O–H groups in total. The van der Waals surface area contributed by atoms with Gasteiger partial charge < -0.3 is 15.2 Å². The number of nitrogens with one attached hydrogen (secondary N) is 1. The SMILES string of the molecule is CC(C)(C)Oc1ccc([C@@H](CCO)N2CCNCC2)cc1. The molecule has 1 aliphatic heterocycles. The Morgan fingerprint density at radius 2 is 1.81 bits per heavy atom. The second-order valence-corrected chi connectivity index (χ2v) is 6.60. The molecule has 118 valence electrons. The number of nitrogens with zero attached hydrogens (tertiary/aromatic N) is 1.